The van der Waals surface area contributed by atoms with E-state index < -0.39 is 0 Å². The molecule has 1 aromatic rings. The summed E-state index contributed by atoms with van der Waals surface area (Å²) in [5, 5.41) is 7.63. The molecule has 1 aliphatic rings. The zero-order valence-corrected chi connectivity index (χ0v) is 8.54. The molecule has 2 rings (SSSR count). The van der Waals surface area contributed by atoms with Crippen LogP contribution in [0.3, 0.4) is 0 Å². The van der Waals surface area contributed by atoms with E-state index >= 15 is 0 Å². The summed E-state index contributed by atoms with van der Waals surface area (Å²) in [6.45, 7) is 8.77. The topological polar surface area (TPSA) is 29.9 Å². The number of nitrogens with one attached hydrogen (secondary N) is 1. The molecule has 3 heteroatoms. The van der Waals surface area contributed by atoms with Gasteiger partial charge in [0.15, 0.2) is 0 Å². The van der Waals surface area contributed by atoms with E-state index in [1.54, 1.807) is 0 Å². The average molecular weight is 179 g/mol. The summed E-state index contributed by atoms with van der Waals surface area (Å²) in [5.74, 6) is 0. The molecule has 0 aliphatic carbocycles. The van der Waals surface area contributed by atoms with Crippen LogP contribution in [-0.2, 0) is 5.41 Å². The highest BCUT2D eigenvalue weighted by Crippen LogP contribution is 2.22. The van der Waals surface area contributed by atoms with Gasteiger partial charge in [0.2, 0.25) is 0 Å². The van der Waals surface area contributed by atoms with Gasteiger partial charge in [0.05, 0.1) is 12.2 Å². The van der Waals surface area contributed by atoms with Gasteiger partial charge in [-0.05, 0) is 11.0 Å². The second-order valence-electron chi connectivity index (χ2n) is 4.77. The van der Waals surface area contributed by atoms with Crippen LogP contribution in [0.5, 0.6) is 0 Å². The van der Waals surface area contributed by atoms with E-state index in [4.69, 9.17) is 0 Å². The van der Waals surface area contributed by atoms with Gasteiger partial charge in [-0.15, -0.1) is 0 Å². The highest BCUT2D eigenvalue weighted by molar-refractivity contribution is 5.15. The Labute approximate surface area is 79.1 Å². The number of aromatic nitrogens is 2. The zero-order chi connectivity index (χ0) is 9.47. The molecule has 0 saturated carbocycles. The average Bonchev–Trinajstić information content (AvgIpc) is 2.29. The van der Waals surface area contributed by atoms with E-state index in [-0.39, 0.29) is 5.41 Å². The van der Waals surface area contributed by atoms with Crippen LogP contribution < -0.4 is 5.32 Å². The van der Waals surface area contributed by atoms with E-state index in [2.05, 4.69) is 42.1 Å². The Balaban J connectivity index is 2.17. The van der Waals surface area contributed by atoms with E-state index in [1.807, 2.05) is 6.20 Å². The largest absolute Gasteiger partial charge is 0.312 e. The molecular formula is C10H17N3. The Kier molecular flexibility index (Phi) is 1.91. The SMILES string of the molecule is CC(C)(C)c1cnn(C2CNC2)c1. The zero-order valence-electron chi connectivity index (χ0n) is 8.54. The molecule has 13 heavy (non-hydrogen) atoms. The van der Waals surface area contributed by atoms with Gasteiger partial charge in [-0.2, -0.15) is 5.10 Å². The minimum Gasteiger partial charge on any atom is -0.312 e. The Hall–Kier alpha value is -0.830. The van der Waals surface area contributed by atoms with Crippen molar-refractivity contribution in [3.8, 4) is 0 Å². The molecule has 1 saturated heterocycles. The standard InChI is InChI=1S/C10H17N3/c1-10(2,3)8-4-12-13(7-8)9-5-11-6-9/h4,7,9,11H,5-6H2,1-3H3. The lowest BCUT2D eigenvalue weighted by molar-refractivity contribution is 0.317. The lowest BCUT2D eigenvalue weighted by Crippen LogP contribution is -2.43. The minimum atomic E-state index is 0.218. The summed E-state index contributed by atoms with van der Waals surface area (Å²) in [4.78, 5) is 0. The highest BCUT2D eigenvalue weighted by atomic mass is 15.3. The first-order chi connectivity index (χ1) is 6.07. The summed E-state index contributed by atoms with van der Waals surface area (Å²) in [6.07, 6.45) is 4.16. The quantitative estimate of drug-likeness (QED) is 0.704. The molecular weight excluding hydrogens is 162 g/mol. The van der Waals surface area contributed by atoms with Gasteiger partial charge in [0, 0.05) is 19.3 Å². The first-order valence-electron chi connectivity index (χ1n) is 4.83. The monoisotopic (exact) mass is 179 g/mol. The van der Waals surface area contributed by atoms with Crippen LogP contribution in [-0.4, -0.2) is 22.9 Å². The van der Waals surface area contributed by atoms with Crippen LogP contribution in [0.2, 0.25) is 0 Å². The number of hydrogen-bond acceptors (Lipinski definition) is 2. The van der Waals surface area contributed by atoms with Gasteiger partial charge < -0.3 is 5.32 Å². The summed E-state index contributed by atoms with van der Waals surface area (Å²) in [5.41, 5.74) is 1.54. The van der Waals surface area contributed by atoms with Crippen molar-refractivity contribution in [3.63, 3.8) is 0 Å². The smallest absolute Gasteiger partial charge is 0.0767 e. The molecule has 1 N–H and O–H groups in total. The summed E-state index contributed by atoms with van der Waals surface area (Å²) in [6, 6.07) is 0.580. The van der Waals surface area contributed by atoms with Crippen molar-refractivity contribution in [1.82, 2.24) is 15.1 Å². The van der Waals surface area contributed by atoms with Crippen LogP contribution in [0.25, 0.3) is 0 Å². The first kappa shape index (κ1) is 8.75. The minimum absolute atomic E-state index is 0.218. The lowest BCUT2D eigenvalue weighted by atomic mass is 9.90. The fraction of sp³-hybridized carbons (Fsp3) is 0.700. The lowest BCUT2D eigenvalue weighted by Gasteiger charge is -2.27. The maximum atomic E-state index is 4.38. The predicted octanol–water partition coefficient (Wildman–Crippen LogP) is 1.32. The second kappa shape index (κ2) is 2.84. The Morgan fingerprint density at radius 1 is 1.46 bits per heavy atom. The molecule has 3 nitrogen and oxygen atoms in total. The Morgan fingerprint density at radius 3 is 2.54 bits per heavy atom. The first-order valence-corrected chi connectivity index (χ1v) is 4.83. The third kappa shape index (κ3) is 1.61. The van der Waals surface area contributed by atoms with E-state index in [1.165, 1.54) is 5.56 Å². The molecule has 0 amide bonds. The van der Waals surface area contributed by atoms with Crippen LogP contribution in [0.15, 0.2) is 12.4 Å². The fourth-order valence-corrected chi connectivity index (χ4v) is 1.39. The van der Waals surface area contributed by atoms with Crippen molar-refractivity contribution in [1.29, 1.82) is 0 Å². The van der Waals surface area contributed by atoms with Gasteiger partial charge in [-0.3, -0.25) is 4.68 Å². The molecule has 0 aromatic carbocycles. The number of hydrogen-bond donors (Lipinski definition) is 1. The van der Waals surface area contributed by atoms with Crippen LogP contribution in [0.4, 0.5) is 0 Å². The fourth-order valence-electron chi connectivity index (χ4n) is 1.39. The van der Waals surface area contributed by atoms with Crippen LogP contribution in [0, 0.1) is 0 Å². The van der Waals surface area contributed by atoms with Crippen LogP contribution >= 0.6 is 0 Å². The molecule has 1 aromatic heterocycles. The molecule has 0 atom stereocenters. The summed E-state index contributed by atoms with van der Waals surface area (Å²) >= 11 is 0. The third-order valence-electron chi connectivity index (χ3n) is 2.60. The molecule has 0 radical (unpaired) electrons. The highest BCUT2D eigenvalue weighted by Gasteiger charge is 2.22. The normalized spacial score (nSPS) is 18.7. The van der Waals surface area contributed by atoms with Crippen molar-refractivity contribution in [3.05, 3.63) is 18.0 Å². The second-order valence-corrected chi connectivity index (χ2v) is 4.77. The van der Waals surface area contributed by atoms with Crippen molar-refractivity contribution in [2.75, 3.05) is 13.1 Å². The van der Waals surface area contributed by atoms with Gasteiger partial charge in [0.25, 0.3) is 0 Å². The van der Waals surface area contributed by atoms with Gasteiger partial charge in [-0.1, -0.05) is 20.8 Å². The van der Waals surface area contributed by atoms with Crippen molar-refractivity contribution in [2.24, 2.45) is 0 Å². The van der Waals surface area contributed by atoms with Crippen LogP contribution in [0.1, 0.15) is 32.4 Å². The summed E-state index contributed by atoms with van der Waals surface area (Å²) < 4.78 is 2.08. The van der Waals surface area contributed by atoms with Crippen molar-refractivity contribution >= 4 is 0 Å². The number of rotatable bonds is 1. The van der Waals surface area contributed by atoms with E-state index in [0.29, 0.717) is 6.04 Å². The van der Waals surface area contributed by atoms with Gasteiger partial charge >= 0.3 is 0 Å². The molecule has 1 fully saturated rings. The predicted molar refractivity (Wildman–Crippen MR) is 52.8 cm³/mol. The van der Waals surface area contributed by atoms with E-state index in [9.17, 15) is 0 Å². The third-order valence-corrected chi connectivity index (χ3v) is 2.60. The Bertz CT molecular complexity index is 291. The summed E-state index contributed by atoms with van der Waals surface area (Å²) in [7, 11) is 0. The molecule has 1 aliphatic heterocycles. The van der Waals surface area contributed by atoms with Crippen molar-refractivity contribution in [2.45, 2.75) is 32.2 Å². The maximum absolute atomic E-state index is 4.38. The molecule has 0 unspecified atom stereocenters. The molecule has 0 spiro atoms. The molecule has 0 bridgehead atoms. The van der Waals surface area contributed by atoms with E-state index in [0.717, 1.165) is 13.1 Å². The van der Waals surface area contributed by atoms with Gasteiger partial charge in [0.1, 0.15) is 0 Å². The number of nitrogens with zero attached hydrogens (tertiary/aromatic N) is 2. The van der Waals surface area contributed by atoms with Crippen molar-refractivity contribution < 1.29 is 0 Å². The Morgan fingerprint density at radius 2 is 2.15 bits per heavy atom. The molecule has 72 valence electrons. The maximum Gasteiger partial charge on any atom is 0.0767 e. The molecule has 2 heterocycles. The van der Waals surface area contributed by atoms with Gasteiger partial charge in [-0.25, -0.2) is 0 Å².